The van der Waals surface area contributed by atoms with E-state index in [9.17, 15) is 14.7 Å². The summed E-state index contributed by atoms with van der Waals surface area (Å²) < 4.78 is 5.35. The number of aromatic hydroxyl groups is 1. The summed E-state index contributed by atoms with van der Waals surface area (Å²) in [7, 11) is 0. The Labute approximate surface area is 171 Å². The number of phenolic OH excluding ortho intramolecular Hbond substituents is 1. The number of carboxylic acids is 1. The first-order chi connectivity index (χ1) is 13.9. The maximum absolute atomic E-state index is 12.3. The molecular formula is C20H18ClN3O5. The molecule has 1 aliphatic carbocycles. The Hall–Kier alpha value is -3.13. The molecule has 150 valence electrons. The van der Waals surface area contributed by atoms with Crippen LogP contribution in [0.25, 0.3) is 11.5 Å². The molecule has 1 aromatic heterocycles. The standard InChI is InChI=1S/C20H18ClN3O5/c21-14-10-13(2-4-16(14)25)20-22-19(23-29-20)12-1-3-15-11(9-12)7-8-24(15)17(26)5-6-18(27)28/h1-4,10,12,25H,5-9H2,(H,27,28). The summed E-state index contributed by atoms with van der Waals surface area (Å²) >= 11 is 5.94. The topological polar surface area (TPSA) is 117 Å². The monoisotopic (exact) mass is 415 g/mol. The van der Waals surface area contributed by atoms with Gasteiger partial charge in [0.1, 0.15) is 5.75 Å². The van der Waals surface area contributed by atoms with Crippen molar-refractivity contribution in [3.63, 3.8) is 0 Å². The smallest absolute Gasteiger partial charge is 0.303 e. The molecule has 1 atom stereocenters. The number of aromatic nitrogens is 2. The predicted molar refractivity (Wildman–Crippen MR) is 103 cm³/mol. The number of carboxylic acid groups (broad SMARTS) is 1. The second-order valence-electron chi connectivity index (χ2n) is 6.97. The first-order valence-corrected chi connectivity index (χ1v) is 9.55. The van der Waals surface area contributed by atoms with E-state index < -0.39 is 5.97 Å². The normalized spacial score (nSPS) is 18.2. The van der Waals surface area contributed by atoms with Gasteiger partial charge in [0.2, 0.25) is 5.91 Å². The molecule has 1 aliphatic heterocycles. The maximum Gasteiger partial charge on any atom is 0.303 e. The number of halogens is 1. The molecule has 29 heavy (non-hydrogen) atoms. The van der Waals surface area contributed by atoms with Crippen LogP contribution in [0.4, 0.5) is 0 Å². The highest BCUT2D eigenvalue weighted by Gasteiger charge is 2.31. The van der Waals surface area contributed by atoms with Crippen molar-refractivity contribution in [1.82, 2.24) is 15.0 Å². The Morgan fingerprint density at radius 1 is 1.31 bits per heavy atom. The number of hydrogen-bond donors (Lipinski definition) is 2. The van der Waals surface area contributed by atoms with E-state index in [0.29, 0.717) is 30.2 Å². The van der Waals surface area contributed by atoms with Gasteiger partial charge in [-0.2, -0.15) is 4.98 Å². The van der Waals surface area contributed by atoms with Crippen molar-refractivity contribution in [1.29, 1.82) is 0 Å². The SMILES string of the molecule is O=C(O)CCC(=O)N1CCC2=C1C=CC(c1noc(-c3ccc(O)c(Cl)c3)n1)C2. The van der Waals surface area contributed by atoms with Crippen LogP contribution in [-0.4, -0.2) is 43.7 Å². The van der Waals surface area contributed by atoms with Gasteiger partial charge in [0.15, 0.2) is 5.82 Å². The summed E-state index contributed by atoms with van der Waals surface area (Å²) in [6.45, 7) is 0.559. The van der Waals surface area contributed by atoms with Gasteiger partial charge >= 0.3 is 5.97 Å². The minimum Gasteiger partial charge on any atom is -0.506 e. The molecular weight excluding hydrogens is 398 g/mol. The largest absolute Gasteiger partial charge is 0.506 e. The lowest BCUT2D eigenvalue weighted by atomic mass is 9.92. The number of benzene rings is 1. The van der Waals surface area contributed by atoms with E-state index in [1.807, 2.05) is 12.2 Å². The van der Waals surface area contributed by atoms with E-state index in [2.05, 4.69) is 10.1 Å². The highest BCUT2D eigenvalue weighted by Crippen LogP contribution is 2.38. The highest BCUT2D eigenvalue weighted by atomic mass is 35.5. The first-order valence-electron chi connectivity index (χ1n) is 9.17. The predicted octanol–water partition coefficient (Wildman–Crippen LogP) is 3.49. The molecule has 4 rings (SSSR count). The average Bonchev–Trinajstić information content (AvgIpc) is 3.35. The summed E-state index contributed by atoms with van der Waals surface area (Å²) in [5.41, 5.74) is 2.59. The lowest BCUT2D eigenvalue weighted by molar-refractivity contribution is -0.140. The van der Waals surface area contributed by atoms with Crippen LogP contribution >= 0.6 is 11.6 Å². The molecule has 2 heterocycles. The zero-order valence-electron chi connectivity index (χ0n) is 15.3. The van der Waals surface area contributed by atoms with Crippen molar-refractivity contribution in [2.75, 3.05) is 6.54 Å². The fourth-order valence-corrected chi connectivity index (χ4v) is 3.75. The van der Waals surface area contributed by atoms with Crippen LogP contribution in [0.3, 0.4) is 0 Å². The molecule has 8 nitrogen and oxygen atoms in total. The van der Waals surface area contributed by atoms with Gasteiger partial charge in [-0.1, -0.05) is 22.8 Å². The summed E-state index contributed by atoms with van der Waals surface area (Å²) in [4.78, 5) is 29.1. The molecule has 0 saturated carbocycles. The summed E-state index contributed by atoms with van der Waals surface area (Å²) in [5, 5.41) is 22.6. The zero-order valence-corrected chi connectivity index (χ0v) is 16.1. The van der Waals surface area contributed by atoms with Gasteiger partial charge in [-0.25, -0.2) is 0 Å². The van der Waals surface area contributed by atoms with E-state index in [4.69, 9.17) is 21.2 Å². The molecule has 9 heteroatoms. The Balaban J connectivity index is 1.47. The molecule has 2 aliphatic rings. The second kappa shape index (κ2) is 7.71. The molecule has 0 fully saturated rings. The minimum atomic E-state index is -0.978. The van der Waals surface area contributed by atoms with Crippen molar-refractivity contribution in [3.8, 4) is 17.2 Å². The summed E-state index contributed by atoms with van der Waals surface area (Å²) in [5.74, 6) is -0.406. The number of rotatable bonds is 5. The molecule has 0 bridgehead atoms. The van der Waals surface area contributed by atoms with Gasteiger partial charge in [-0.05, 0) is 42.7 Å². The first kappa shape index (κ1) is 19.2. The van der Waals surface area contributed by atoms with Crippen LogP contribution in [0.1, 0.15) is 37.4 Å². The lowest BCUT2D eigenvalue weighted by Crippen LogP contribution is -2.28. The molecule has 1 aromatic carbocycles. The van der Waals surface area contributed by atoms with Gasteiger partial charge < -0.3 is 19.6 Å². The van der Waals surface area contributed by atoms with Crippen LogP contribution < -0.4 is 0 Å². The molecule has 0 spiro atoms. The quantitative estimate of drug-likeness (QED) is 0.767. The van der Waals surface area contributed by atoms with Gasteiger partial charge in [-0.3, -0.25) is 9.59 Å². The minimum absolute atomic E-state index is 0.00717. The Morgan fingerprint density at radius 3 is 2.90 bits per heavy atom. The van der Waals surface area contributed by atoms with Gasteiger partial charge in [-0.15, -0.1) is 0 Å². The fourth-order valence-electron chi connectivity index (χ4n) is 3.57. The zero-order chi connectivity index (χ0) is 20.5. The molecule has 2 aromatic rings. The van der Waals surface area contributed by atoms with Crippen molar-refractivity contribution in [2.45, 2.75) is 31.6 Å². The van der Waals surface area contributed by atoms with E-state index in [1.165, 1.54) is 6.07 Å². The maximum atomic E-state index is 12.3. The average molecular weight is 416 g/mol. The Kier molecular flexibility index (Phi) is 5.10. The van der Waals surface area contributed by atoms with Crippen LogP contribution in [0.5, 0.6) is 5.75 Å². The number of nitrogens with zero attached hydrogens (tertiary/aromatic N) is 3. The van der Waals surface area contributed by atoms with Crippen LogP contribution in [0, 0.1) is 0 Å². The van der Waals surface area contributed by atoms with E-state index >= 15 is 0 Å². The van der Waals surface area contributed by atoms with Gasteiger partial charge in [0.25, 0.3) is 5.89 Å². The van der Waals surface area contributed by atoms with Crippen molar-refractivity contribution >= 4 is 23.5 Å². The number of carbonyl (C=O) groups is 2. The number of amides is 1. The number of hydrogen-bond acceptors (Lipinski definition) is 6. The number of phenols is 1. The van der Waals surface area contributed by atoms with Crippen molar-refractivity contribution < 1.29 is 24.3 Å². The highest BCUT2D eigenvalue weighted by molar-refractivity contribution is 6.32. The number of aliphatic carboxylic acids is 1. The number of allylic oxidation sites excluding steroid dienone is 2. The molecule has 0 saturated heterocycles. The summed E-state index contributed by atoms with van der Waals surface area (Å²) in [6, 6.07) is 4.67. The third-order valence-electron chi connectivity index (χ3n) is 5.06. The lowest BCUT2D eigenvalue weighted by Gasteiger charge is -2.21. The van der Waals surface area contributed by atoms with Gasteiger partial charge in [0, 0.05) is 30.1 Å². The molecule has 0 radical (unpaired) electrons. The van der Waals surface area contributed by atoms with Crippen LogP contribution in [0.2, 0.25) is 5.02 Å². The Morgan fingerprint density at radius 2 is 2.14 bits per heavy atom. The third kappa shape index (κ3) is 3.88. The van der Waals surface area contributed by atoms with E-state index in [1.54, 1.807) is 17.0 Å². The summed E-state index contributed by atoms with van der Waals surface area (Å²) in [6.07, 6.45) is 5.05. The molecule has 1 amide bonds. The third-order valence-corrected chi connectivity index (χ3v) is 5.37. The van der Waals surface area contributed by atoms with E-state index in [0.717, 1.165) is 17.7 Å². The number of carbonyl (C=O) groups excluding carboxylic acids is 1. The molecule has 1 unspecified atom stereocenters. The van der Waals surface area contributed by atoms with Crippen LogP contribution in [-0.2, 0) is 9.59 Å². The second-order valence-corrected chi connectivity index (χ2v) is 7.38. The van der Waals surface area contributed by atoms with Crippen LogP contribution in [0.15, 0.2) is 46.1 Å². The van der Waals surface area contributed by atoms with Crippen molar-refractivity contribution in [2.24, 2.45) is 0 Å². The van der Waals surface area contributed by atoms with E-state index in [-0.39, 0.29) is 35.4 Å². The fraction of sp³-hybridized carbons (Fsp3) is 0.300. The van der Waals surface area contributed by atoms with Crippen molar-refractivity contribution in [3.05, 3.63) is 52.5 Å². The Bertz CT molecular complexity index is 1040. The van der Waals surface area contributed by atoms with Gasteiger partial charge in [0.05, 0.1) is 11.4 Å². The molecule has 2 N–H and O–H groups in total.